The van der Waals surface area contributed by atoms with Gasteiger partial charge in [-0.25, -0.2) is 0 Å². The fourth-order valence-corrected chi connectivity index (χ4v) is 2.75. The zero-order valence-corrected chi connectivity index (χ0v) is 14.1. The van der Waals surface area contributed by atoms with Crippen LogP contribution in [0.1, 0.15) is 36.8 Å². The Labute approximate surface area is 139 Å². The van der Waals surface area contributed by atoms with Crippen LogP contribution in [0.5, 0.6) is 11.5 Å². The van der Waals surface area contributed by atoms with Crippen LogP contribution >= 0.6 is 0 Å². The molecule has 0 spiro atoms. The van der Waals surface area contributed by atoms with Gasteiger partial charge in [0.2, 0.25) is 0 Å². The summed E-state index contributed by atoms with van der Waals surface area (Å²) in [4.78, 5) is 0. The van der Waals surface area contributed by atoms with E-state index in [9.17, 15) is 0 Å². The molecule has 0 aliphatic rings. The number of ether oxygens (including phenoxy) is 2. The minimum atomic E-state index is 0.367. The second-order valence-corrected chi connectivity index (χ2v) is 5.66. The summed E-state index contributed by atoms with van der Waals surface area (Å²) in [6, 6.07) is 16.4. The van der Waals surface area contributed by atoms with Crippen LogP contribution in [0.3, 0.4) is 0 Å². The van der Waals surface area contributed by atoms with Gasteiger partial charge in [-0.2, -0.15) is 0 Å². The summed E-state index contributed by atoms with van der Waals surface area (Å²) in [6.07, 6.45) is 3.01. The van der Waals surface area contributed by atoms with Crippen LogP contribution < -0.4 is 15.2 Å². The lowest BCUT2D eigenvalue weighted by Crippen LogP contribution is -2.14. The van der Waals surface area contributed by atoms with Gasteiger partial charge >= 0.3 is 0 Å². The molecule has 2 aromatic rings. The Bertz CT molecular complexity index is 580. The molecule has 0 aliphatic heterocycles. The highest BCUT2D eigenvalue weighted by atomic mass is 16.5. The van der Waals surface area contributed by atoms with Crippen LogP contribution in [-0.4, -0.2) is 20.3 Å². The second-order valence-electron chi connectivity index (χ2n) is 5.66. The first-order valence-corrected chi connectivity index (χ1v) is 8.33. The maximum Gasteiger partial charge on any atom is 0.122 e. The molecule has 0 bridgehead atoms. The quantitative estimate of drug-likeness (QED) is 0.707. The van der Waals surface area contributed by atoms with E-state index in [1.807, 2.05) is 24.3 Å². The molecular weight excluding hydrogens is 286 g/mol. The van der Waals surface area contributed by atoms with Gasteiger partial charge in [0.15, 0.2) is 0 Å². The van der Waals surface area contributed by atoms with E-state index in [0.29, 0.717) is 12.5 Å². The maximum absolute atomic E-state index is 5.94. The van der Waals surface area contributed by atoms with Gasteiger partial charge in [0.05, 0.1) is 13.7 Å². The molecule has 124 valence electrons. The molecule has 0 amide bonds. The number of benzene rings is 2. The van der Waals surface area contributed by atoms with E-state index in [1.165, 1.54) is 11.1 Å². The van der Waals surface area contributed by atoms with Crippen molar-refractivity contribution >= 4 is 0 Å². The maximum atomic E-state index is 5.94. The summed E-state index contributed by atoms with van der Waals surface area (Å²) in [5.41, 5.74) is 8.47. The van der Waals surface area contributed by atoms with Crippen molar-refractivity contribution in [2.24, 2.45) is 5.73 Å². The number of nitrogens with two attached hydrogens (primary N) is 1. The van der Waals surface area contributed by atoms with Crippen molar-refractivity contribution in [1.82, 2.24) is 0 Å². The Morgan fingerprint density at radius 3 is 2.43 bits per heavy atom. The molecule has 0 heterocycles. The average Bonchev–Trinajstić information content (AvgIpc) is 2.62. The number of aryl methyl sites for hydroxylation is 1. The third kappa shape index (κ3) is 5.00. The fourth-order valence-electron chi connectivity index (χ4n) is 2.75. The lowest BCUT2D eigenvalue weighted by Gasteiger charge is -2.16. The van der Waals surface area contributed by atoms with Crippen molar-refractivity contribution in [3.05, 3.63) is 59.7 Å². The van der Waals surface area contributed by atoms with E-state index < -0.39 is 0 Å². The van der Waals surface area contributed by atoms with Crippen molar-refractivity contribution in [1.29, 1.82) is 0 Å². The molecule has 3 heteroatoms. The standard InChI is InChI=1S/C20H27NO2/c1-3-16-7-4-5-9-20(16)23-14-6-8-18(15-21)17-10-12-19(22-2)13-11-17/h4-5,7,9-13,18H,3,6,8,14-15,21H2,1-2H3. The molecule has 3 nitrogen and oxygen atoms in total. The SMILES string of the molecule is CCc1ccccc1OCCCC(CN)c1ccc(OC)cc1. The third-order valence-corrected chi connectivity index (χ3v) is 4.18. The van der Waals surface area contributed by atoms with Gasteiger partial charge in [-0.15, -0.1) is 0 Å². The smallest absolute Gasteiger partial charge is 0.122 e. The molecule has 2 aromatic carbocycles. The van der Waals surface area contributed by atoms with Crippen molar-refractivity contribution in [3.8, 4) is 11.5 Å². The summed E-state index contributed by atoms with van der Waals surface area (Å²) >= 11 is 0. The Morgan fingerprint density at radius 2 is 1.78 bits per heavy atom. The lowest BCUT2D eigenvalue weighted by molar-refractivity contribution is 0.299. The van der Waals surface area contributed by atoms with Gasteiger partial charge in [0, 0.05) is 0 Å². The fraction of sp³-hybridized carbons (Fsp3) is 0.400. The van der Waals surface area contributed by atoms with Crippen LogP contribution in [0, 0.1) is 0 Å². The van der Waals surface area contributed by atoms with E-state index in [1.54, 1.807) is 7.11 Å². The summed E-state index contributed by atoms with van der Waals surface area (Å²) < 4.78 is 11.1. The molecule has 2 N–H and O–H groups in total. The van der Waals surface area contributed by atoms with E-state index in [-0.39, 0.29) is 0 Å². The largest absolute Gasteiger partial charge is 0.497 e. The van der Waals surface area contributed by atoms with Gasteiger partial charge in [0.1, 0.15) is 11.5 Å². The van der Waals surface area contributed by atoms with E-state index in [0.717, 1.165) is 37.4 Å². The zero-order chi connectivity index (χ0) is 16.5. The van der Waals surface area contributed by atoms with Crippen molar-refractivity contribution in [2.75, 3.05) is 20.3 Å². The molecule has 0 aromatic heterocycles. The first-order chi connectivity index (χ1) is 11.3. The monoisotopic (exact) mass is 313 g/mol. The first kappa shape index (κ1) is 17.4. The van der Waals surface area contributed by atoms with Crippen molar-refractivity contribution < 1.29 is 9.47 Å². The molecule has 0 fully saturated rings. The molecule has 2 rings (SSSR count). The number of methoxy groups -OCH3 is 1. The Balaban J connectivity index is 1.83. The van der Waals surface area contributed by atoms with E-state index in [4.69, 9.17) is 15.2 Å². The number of rotatable bonds is 9. The minimum absolute atomic E-state index is 0.367. The molecular formula is C20H27NO2. The van der Waals surface area contributed by atoms with Gasteiger partial charge < -0.3 is 15.2 Å². The summed E-state index contributed by atoms with van der Waals surface area (Å²) in [5, 5.41) is 0. The summed E-state index contributed by atoms with van der Waals surface area (Å²) in [7, 11) is 1.68. The molecule has 0 saturated heterocycles. The Kier molecular flexibility index (Phi) is 6.95. The zero-order valence-electron chi connectivity index (χ0n) is 14.1. The summed E-state index contributed by atoms with van der Waals surface area (Å²) in [6.45, 7) is 3.53. The van der Waals surface area contributed by atoms with E-state index in [2.05, 4.69) is 31.2 Å². The number of para-hydroxylation sites is 1. The average molecular weight is 313 g/mol. The Morgan fingerprint density at radius 1 is 1.04 bits per heavy atom. The second kappa shape index (κ2) is 9.21. The van der Waals surface area contributed by atoms with Crippen LogP contribution in [0.2, 0.25) is 0 Å². The Hall–Kier alpha value is -2.00. The van der Waals surface area contributed by atoms with Gasteiger partial charge in [-0.3, -0.25) is 0 Å². The van der Waals surface area contributed by atoms with Gasteiger partial charge in [0.25, 0.3) is 0 Å². The number of hydrogen-bond acceptors (Lipinski definition) is 3. The van der Waals surface area contributed by atoms with Crippen LogP contribution in [0.25, 0.3) is 0 Å². The van der Waals surface area contributed by atoms with Gasteiger partial charge in [-0.05, 0) is 61.1 Å². The number of hydrogen-bond donors (Lipinski definition) is 1. The van der Waals surface area contributed by atoms with Crippen LogP contribution in [-0.2, 0) is 6.42 Å². The van der Waals surface area contributed by atoms with Crippen molar-refractivity contribution in [2.45, 2.75) is 32.1 Å². The normalized spacial score (nSPS) is 12.0. The molecule has 1 atom stereocenters. The molecule has 0 saturated carbocycles. The predicted octanol–water partition coefficient (Wildman–Crippen LogP) is 4.16. The van der Waals surface area contributed by atoms with Crippen molar-refractivity contribution in [3.63, 3.8) is 0 Å². The highest BCUT2D eigenvalue weighted by Gasteiger charge is 2.10. The predicted molar refractivity (Wildman–Crippen MR) is 95.3 cm³/mol. The van der Waals surface area contributed by atoms with Gasteiger partial charge in [-0.1, -0.05) is 37.3 Å². The lowest BCUT2D eigenvalue weighted by atomic mass is 9.94. The van der Waals surface area contributed by atoms with Crippen LogP contribution in [0.15, 0.2) is 48.5 Å². The van der Waals surface area contributed by atoms with Crippen LogP contribution in [0.4, 0.5) is 0 Å². The first-order valence-electron chi connectivity index (χ1n) is 8.33. The highest BCUT2D eigenvalue weighted by molar-refractivity contribution is 5.33. The molecule has 0 radical (unpaired) electrons. The highest BCUT2D eigenvalue weighted by Crippen LogP contribution is 2.24. The topological polar surface area (TPSA) is 44.5 Å². The molecule has 23 heavy (non-hydrogen) atoms. The minimum Gasteiger partial charge on any atom is -0.497 e. The molecule has 1 unspecified atom stereocenters. The summed E-state index contributed by atoms with van der Waals surface area (Å²) in [5.74, 6) is 2.25. The third-order valence-electron chi connectivity index (χ3n) is 4.18. The molecule has 0 aliphatic carbocycles. The van der Waals surface area contributed by atoms with E-state index >= 15 is 0 Å².